The van der Waals surface area contributed by atoms with Crippen LogP contribution < -0.4 is 0 Å². The number of likely N-dealkylation sites (tertiary alicyclic amines) is 1. The Kier molecular flexibility index (Phi) is 5.82. The third-order valence-corrected chi connectivity index (χ3v) is 9.14. The van der Waals surface area contributed by atoms with Crippen LogP contribution in [0.5, 0.6) is 0 Å². The Balaban J connectivity index is 1.48. The Morgan fingerprint density at radius 1 is 1.00 bits per heavy atom. The lowest BCUT2D eigenvalue weighted by Crippen LogP contribution is -2.52. The molecule has 0 spiro atoms. The molecule has 27 heavy (non-hydrogen) atoms. The van der Waals surface area contributed by atoms with Crippen molar-refractivity contribution in [2.75, 3.05) is 37.7 Å². The van der Waals surface area contributed by atoms with Gasteiger partial charge in [0.15, 0.2) is 9.84 Å². The summed E-state index contributed by atoms with van der Waals surface area (Å²) in [6.45, 7) is 5.99. The maximum atomic E-state index is 13.5. The standard InChI is InChI=1S/C20H35N3O3S/c1-2-21-11-9-16-7-8-18(13-21)22(16)14-20(24)23(17-5-3-4-6-17)19-10-12-27(25,26)15-19/h16-19H,2-15H2,1H3. The predicted octanol–water partition coefficient (Wildman–Crippen LogP) is 1.50. The molecule has 3 unspecified atom stereocenters. The first kappa shape index (κ1) is 19.6. The quantitative estimate of drug-likeness (QED) is 0.704. The molecule has 4 rings (SSSR count). The maximum absolute atomic E-state index is 13.5. The highest BCUT2D eigenvalue weighted by molar-refractivity contribution is 7.91. The first-order valence-corrected chi connectivity index (χ1v) is 12.8. The predicted molar refractivity (Wildman–Crippen MR) is 106 cm³/mol. The van der Waals surface area contributed by atoms with Gasteiger partial charge in [0.2, 0.25) is 5.91 Å². The Hall–Kier alpha value is -0.660. The van der Waals surface area contributed by atoms with Crippen molar-refractivity contribution in [2.45, 2.75) is 82.5 Å². The van der Waals surface area contributed by atoms with Gasteiger partial charge in [-0.2, -0.15) is 0 Å². The van der Waals surface area contributed by atoms with Crippen molar-refractivity contribution in [2.24, 2.45) is 0 Å². The van der Waals surface area contributed by atoms with E-state index in [1.54, 1.807) is 0 Å². The summed E-state index contributed by atoms with van der Waals surface area (Å²) in [5, 5.41) is 0. The minimum Gasteiger partial charge on any atom is -0.335 e. The molecule has 0 aromatic heterocycles. The second-order valence-corrected chi connectivity index (χ2v) is 11.3. The second kappa shape index (κ2) is 7.99. The number of nitrogens with zero attached hydrogens (tertiary/aromatic N) is 3. The van der Waals surface area contributed by atoms with E-state index in [4.69, 9.17) is 0 Å². The molecule has 3 atom stereocenters. The van der Waals surface area contributed by atoms with Crippen LogP contribution in [0, 0.1) is 0 Å². The molecule has 1 amide bonds. The molecule has 154 valence electrons. The fourth-order valence-corrected chi connectivity index (χ4v) is 7.62. The highest BCUT2D eigenvalue weighted by Gasteiger charge is 2.42. The minimum atomic E-state index is -2.98. The van der Waals surface area contributed by atoms with Crippen LogP contribution in [0.15, 0.2) is 0 Å². The van der Waals surface area contributed by atoms with Gasteiger partial charge in [0.1, 0.15) is 0 Å². The lowest BCUT2D eigenvalue weighted by molar-refractivity contribution is -0.137. The summed E-state index contributed by atoms with van der Waals surface area (Å²) < 4.78 is 24.1. The van der Waals surface area contributed by atoms with E-state index in [9.17, 15) is 13.2 Å². The molecule has 3 heterocycles. The SMILES string of the molecule is CCN1CCC2CCC(C1)N2CC(=O)N(C1CCCC1)C1CCS(=O)(=O)C1. The van der Waals surface area contributed by atoms with Crippen molar-refractivity contribution >= 4 is 15.7 Å². The first-order chi connectivity index (χ1) is 13.0. The van der Waals surface area contributed by atoms with Gasteiger partial charge in [-0.3, -0.25) is 9.69 Å². The molecule has 3 aliphatic heterocycles. The number of rotatable bonds is 5. The molecular formula is C20H35N3O3S. The van der Waals surface area contributed by atoms with Crippen molar-refractivity contribution in [1.82, 2.24) is 14.7 Å². The number of carbonyl (C=O) groups is 1. The van der Waals surface area contributed by atoms with Crippen LogP contribution in [0.2, 0.25) is 0 Å². The molecule has 0 aromatic rings. The Labute approximate surface area is 164 Å². The van der Waals surface area contributed by atoms with Crippen LogP contribution in [-0.4, -0.2) is 90.9 Å². The number of likely N-dealkylation sites (N-methyl/N-ethyl adjacent to an activating group) is 1. The highest BCUT2D eigenvalue weighted by Crippen LogP contribution is 2.33. The molecule has 2 bridgehead atoms. The Bertz CT molecular complexity index is 647. The van der Waals surface area contributed by atoms with Crippen molar-refractivity contribution in [3.05, 3.63) is 0 Å². The maximum Gasteiger partial charge on any atom is 0.237 e. The number of fused-ring (bicyclic) bond motifs is 2. The highest BCUT2D eigenvalue weighted by atomic mass is 32.2. The molecule has 0 aromatic carbocycles. The average Bonchev–Trinajstić information content (AvgIpc) is 3.30. The van der Waals surface area contributed by atoms with Gasteiger partial charge >= 0.3 is 0 Å². The van der Waals surface area contributed by atoms with Gasteiger partial charge in [-0.25, -0.2) is 8.42 Å². The lowest BCUT2D eigenvalue weighted by atomic mass is 10.1. The molecule has 1 saturated carbocycles. The van der Waals surface area contributed by atoms with Crippen molar-refractivity contribution < 1.29 is 13.2 Å². The van der Waals surface area contributed by atoms with Crippen molar-refractivity contribution in [3.8, 4) is 0 Å². The van der Waals surface area contributed by atoms with Crippen LogP contribution in [0.25, 0.3) is 0 Å². The zero-order valence-electron chi connectivity index (χ0n) is 16.7. The van der Waals surface area contributed by atoms with E-state index < -0.39 is 9.84 Å². The fourth-order valence-electron chi connectivity index (χ4n) is 5.91. The molecule has 4 fully saturated rings. The van der Waals surface area contributed by atoms with Gasteiger partial charge in [0, 0.05) is 30.7 Å². The van der Waals surface area contributed by atoms with Crippen LogP contribution in [0.3, 0.4) is 0 Å². The topological polar surface area (TPSA) is 60.9 Å². The number of sulfone groups is 1. The van der Waals surface area contributed by atoms with E-state index in [0.717, 1.165) is 51.7 Å². The van der Waals surface area contributed by atoms with Gasteiger partial charge in [-0.05, 0) is 51.6 Å². The summed E-state index contributed by atoms with van der Waals surface area (Å²) in [5.74, 6) is 0.603. The minimum absolute atomic E-state index is 0.0950. The van der Waals surface area contributed by atoms with Crippen LogP contribution in [0.4, 0.5) is 0 Å². The summed E-state index contributed by atoms with van der Waals surface area (Å²) in [6, 6.07) is 1.17. The van der Waals surface area contributed by atoms with Crippen molar-refractivity contribution in [1.29, 1.82) is 0 Å². The second-order valence-electron chi connectivity index (χ2n) is 9.04. The van der Waals surface area contributed by atoms with E-state index in [2.05, 4.69) is 16.7 Å². The summed E-state index contributed by atoms with van der Waals surface area (Å²) in [6.07, 6.45) is 8.58. The number of carbonyl (C=O) groups excluding carboxylic acids is 1. The van der Waals surface area contributed by atoms with E-state index in [-0.39, 0.29) is 29.5 Å². The van der Waals surface area contributed by atoms with E-state index >= 15 is 0 Å². The van der Waals surface area contributed by atoms with E-state index in [1.165, 1.54) is 12.8 Å². The Morgan fingerprint density at radius 3 is 2.41 bits per heavy atom. The van der Waals surface area contributed by atoms with Crippen LogP contribution in [-0.2, 0) is 14.6 Å². The largest absolute Gasteiger partial charge is 0.335 e. The molecule has 7 heteroatoms. The number of hydrogen-bond acceptors (Lipinski definition) is 5. The summed E-state index contributed by atoms with van der Waals surface area (Å²) in [7, 11) is -2.98. The summed E-state index contributed by atoms with van der Waals surface area (Å²) in [5.41, 5.74) is 0. The summed E-state index contributed by atoms with van der Waals surface area (Å²) in [4.78, 5) is 20.5. The summed E-state index contributed by atoms with van der Waals surface area (Å²) >= 11 is 0. The Morgan fingerprint density at radius 2 is 1.74 bits per heavy atom. The van der Waals surface area contributed by atoms with Crippen LogP contribution in [0.1, 0.15) is 58.3 Å². The number of hydrogen-bond donors (Lipinski definition) is 0. The molecule has 3 saturated heterocycles. The fraction of sp³-hybridized carbons (Fsp3) is 0.950. The van der Waals surface area contributed by atoms with Crippen LogP contribution >= 0.6 is 0 Å². The molecule has 1 aliphatic carbocycles. The van der Waals surface area contributed by atoms with E-state index in [0.29, 0.717) is 25.0 Å². The average molecular weight is 398 g/mol. The zero-order chi connectivity index (χ0) is 19.0. The molecule has 6 nitrogen and oxygen atoms in total. The smallest absolute Gasteiger partial charge is 0.237 e. The molecule has 0 radical (unpaired) electrons. The monoisotopic (exact) mass is 397 g/mol. The zero-order valence-corrected chi connectivity index (χ0v) is 17.5. The van der Waals surface area contributed by atoms with Gasteiger partial charge in [-0.15, -0.1) is 0 Å². The van der Waals surface area contributed by atoms with Gasteiger partial charge < -0.3 is 9.80 Å². The molecular weight excluding hydrogens is 362 g/mol. The normalized spacial score (nSPS) is 34.8. The van der Waals surface area contributed by atoms with Gasteiger partial charge in [-0.1, -0.05) is 19.8 Å². The van der Waals surface area contributed by atoms with E-state index in [1.807, 2.05) is 4.90 Å². The third-order valence-electron chi connectivity index (χ3n) is 7.39. The molecule has 4 aliphatic rings. The first-order valence-electron chi connectivity index (χ1n) is 11.0. The van der Waals surface area contributed by atoms with Gasteiger partial charge in [0.05, 0.1) is 18.1 Å². The van der Waals surface area contributed by atoms with Crippen molar-refractivity contribution in [3.63, 3.8) is 0 Å². The van der Waals surface area contributed by atoms with Gasteiger partial charge in [0.25, 0.3) is 0 Å². The lowest BCUT2D eigenvalue weighted by Gasteiger charge is -2.37. The molecule has 0 N–H and O–H groups in total. The number of amides is 1. The third kappa shape index (κ3) is 4.20.